The largest absolute Gasteiger partial charge is 0.507 e. The van der Waals surface area contributed by atoms with Gasteiger partial charge in [-0.25, -0.2) is 0 Å². The second-order valence-electron chi connectivity index (χ2n) is 2.12. The van der Waals surface area contributed by atoms with Crippen molar-refractivity contribution in [1.29, 1.82) is 0 Å². The molecule has 0 atom stereocenters. The number of benzene rings is 1. The number of nitro groups is 1. The van der Waals surface area contributed by atoms with E-state index in [1.165, 1.54) is 12.1 Å². The van der Waals surface area contributed by atoms with Crippen molar-refractivity contribution in [3.8, 4) is 5.75 Å². The Kier molecular flexibility index (Phi) is 2.06. The molecular weight excluding hydrogens is 146 g/mol. The zero-order valence-electron chi connectivity index (χ0n) is 5.73. The highest BCUT2D eigenvalue weighted by molar-refractivity contribution is 5.30. The molecule has 0 saturated heterocycles. The van der Waals surface area contributed by atoms with Gasteiger partial charge in [-0.05, 0) is 12.1 Å². The Morgan fingerprint density at radius 2 is 2.09 bits per heavy atom. The van der Waals surface area contributed by atoms with Crippen LogP contribution in [0.15, 0.2) is 24.3 Å². The summed E-state index contributed by atoms with van der Waals surface area (Å²) in [5.74, 6) is -0.0239. The van der Waals surface area contributed by atoms with E-state index in [1.54, 1.807) is 12.1 Å². The van der Waals surface area contributed by atoms with Gasteiger partial charge in [-0.2, -0.15) is 0 Å². The zero-order valence-corrected chi connectivity index (χ0v) is 5.73. The highest BCUT2D eigenvalue weighted by Gasteiger charge is 2.04. The van der Waals surface area contributed by atoms with Crippen molar-refractivity contribution >= 4 is 0 Å². The van der Waals surface area contributed by atoms with E-state index < -0.39 is 4.92 Å². The molecule has 0 spiro atoms. The van der Waals surface area contributed by atoms with E-state index in [9.17, 15) is 10.1 Å². The van der Waals surface area contributed by atoms with E-state index in [0.717, 1.165) is 0 Å². The van der Waals surface area contributed by atoms with E-state index in [-0.39, 0.29) is 12.3 Å². The average molecular weight is 153 g/mol. The van der Waals surface area contributed by atoms with Gasteiger partial charge in [-0.1, -0.05) is 12.1 Å². The van der Waals surface area contributed by atoms with E-state index >= 15 is 0 Å². The maximum absolute atomic E-state index is 10.0. The molecule has 1 rings (SSSR count). The fourth-order valence-electron chi connectivity index (χ4n) is 0.784. The lowest BCUT2D eigenvalue weighted by Crippen LogP contribution is -1.97. The average Bonchev–Trinajstić information content (AvgIpc) is 1.93. The smallest absolute Gasteiger partial charge is 0.232 e. The number of nitrogens with zero attached hydrogens (tertiary/aromatic N) is 1. The van der Waals surface area contributed by atoms with Crippen molar-refractivity contribution in [2.24, 2.45) is 0 Å². The van der Waals surface area contributed by atoms with Crippen molar-refractivity contribution in [2.45, 2.75) is 6.54 Å². The first-order chi connectivity index (χ1) is 5.20. The first-order valence-corrected chi connectivity index (χ1v) is 3.09. The normalized spacial score (nSPS) is 9.45. The maximum Gasteiger partial charge on any atom is 0.232 e. The summed E-state index contributed by atoms with van der Waals surface area (Å²) in [5.41, 5.74) is 0.345. The van der Waals surface area contributed by atoms with Gasteiger partial charge in [-0.15, -0.1) is 0 Å². The molecule has 11 heavy (non-hydrogen) atoms. The standard InChI is InChI=1S/C7H7NO3/c9-7-4-2-1-3-6(7)5-8(10)11/h1-4,9H,5H2. The predicted octanol–water partition coefficient (Wildman–Crippen LogP) is 1.17. The molecule has 0 unspecified atom stereocenters. The summed E-state index contributed by atoms with van der Waals surface area (Å²) in [7, 11) is 0. The molecular formula is C7H7NO3. The number of aromatic hydroxyl groups is 1. The Labute approximate surface area is 63.2 Å². The summed E-state index contributed by atoms with van der Waals surface area (Å²) < 4.78 is 0. The molecule has 0 aliphatic heterocycles. The van der Waals surface area contributed by atoms with Crippen molar-refractivity contribution in [3.05, 3.63) is 39.9 Å². The van der Waals surface area contributed by atoms with Gasteiger partial charge in [0.25, 0.3) is 0 Å². The number of hydrogen-bond donors (Lipinski definition) is 1. The summed E-state index contributed by atoms with van der Waals surface area (Å²) in [4.78, 5) is 9.54. The molecule has 0 aliphatic rings. The minimum Gasteiger partial charge on any atom is -0.507 e. The third kappa shape index (κ3) is 1.93. The summed E-state index contributed by atoms with van der Waals surface area (Å²) >= 11 is 0. The minimum atomic E-state index is -0.477. The minimum absolute atomic E-state index is 0.0239. The second kappa shape index (κ2) is 3.01. The lowest BCUT2D eigenvalue weighted by atomic mass is 10.2. The Bertz CT molecular complexity index is 272. The lowest BCUT2D eigenvalue weighted by Gasteiger charge is -1.96. The van der Waals surface area contributed by atoms with Crippen LogP contribution in [0.4, 0.5) is 0 Å². The summed E-state index contributed by atoms with van der Waals surface area (Å²) in [5, 5.41) is 19.1. The lowest BCUT2D eigenvalue weighted by molar-refractivity contribution is -0.496. The van der Waals surface area contributed by atoms with Gasteiger partial charge < -0.3 is 5.11 Å². The van der Waals surface area contributed by atoms with Crippen molar-refractivity contribution in [2.75, 3.05) is 0 Å². The van der Waals surface area contributed by atoms with Crippen LogP contribution in [-0.2, 0) is 6.54 Å². The van der Waals surface area contributed by atoms with Crippen molar-refractivity contribution in [3.63, 3.8) is 0 Å². The van der Waals surface area contributed by atoms with Crippen LogP contribution in [0, 0.1) is 10.1 Å². The van der Waals surface area contributed by atoms with Crippen LogP contribution in [-0.4, -0.2) is 10.0 Å². The first kappa shape index (κ1) is 7.53. The molecule has 4 heteroatoms. The molecule has 58 valence electrons. The van der Waals surface area contributed by atoms with Crippen LogP contribution >= 0.6 is 0 Å². The SMILES string of the molecule is O=[N+]([O-])Cc1ccccc1O. The van der Waals surface area contributed by atoms with Gasteiger partial charge in [0.15, 0.2) is 0 Å². The summed E-state index contributed by atoms with van der Waals surface area (Å²) in [6.45, 7) is -0.327. The first-order valence-electron chi connectivity index (χ1n) is 3.09. The van der Waals surface area contributed by atoms with Gasteiger partial charge in [0, 0.05) is 4.92 Å². The molecule has 0 aliphatic carbocycles. The fourth-order valence-corrected chi connectivity index (χ4v) is 0.784. The van der Waals surface area contributed by atoms with Crippen LogP contribution in [0.3, 0.4) is 0 Å². The van der Waals surface area contributed by atoms with Gasteiger partial charge in [0.1, 0.15) is 5.75 Å². The molecule has 4 nitrogen and oxygen atoms in total. The third-order valence-corrected chi connectivity index (χ3v) is 1.29. The molecule has 0 aromatic heterocycles. The highest BCUT2D eigenvalue weighted by Crippen LogP contribution is 2.15. The summed E-state index contributed by atoms with van der Waals surface area (Å²) in [6, 6.07) is 6.23. The van der Waals surface area contributed by atoms with E-state index in [2.05, 4.69) is 0 Å². The number of rotatable bonds is 2. The summed E-state index contributed by atoms with van der Waals surface area (Å²) in [6.07, 6.45) is 0. The Morgan fingerprint density at radius 3 is 2.64 bits per heavy atom. The molecule has 0 fully saturated rings. The van der Waals surface area contributed by atoms with Crippen LogP contribution < -0.4 is 0 Å². The predicted molar refractivity (Wildman–Crippen MR) is 38.8 cm³/mol. The second-order valence-corrected chi connectivity index (χ2v) is 2.12. The number of para-hydroxylation sites is 1. The molecule has 0 amide bonds. The van der Waals surface area contributed by atoms with Gasteiger partial charge in [0.05, 0.1) is 5.56 Å². The van der Waals surface area contributed by atoms with Crippen LogP contribution in [0.5, 0.6) is 5.75 Å². The molecule has 0 bridgehead atoms. The highest BCUT2D eigenvalue weighted by atomic mass is 16.6. The zero-order chi connectivity index (χ0) is 8.27. The Balaban J connectivity index is 2.86. The fraction of sp³-hybridized carbons (Fsp3) is 0.143. The van der Waals surface area contributed by atoms with Crippen molar-refractivity contribution < 1.29 is 10.0 Å². The number of hydrogen-bond acceptors (Lipinski definition) is 3. The van der Waals surface area contributed by atoms with E-state index in [0.29, 0.717) is 5.56 Å². The molecule has 1 aromatic carbocycles. The van der Waals surface area contributed by atoms with E-state index in [4.69, 9.17) is 5.11 Å². The number of phenols is 1. The molecule has 0 heterocycles. The van der Waals surface area contributed by atoms with Crippen LogP contribution in [0.1, 0.15) is 5.56 Å². The monoisotopic (exact) mass is 153 g/mol. The van der Waals surface area contributed by atoms with E-state index in [1.807, 2.05) is 0 Å². The molecule has 1 aromatic rings. The van der Waals surface area contributed by atoms with Crippen LogP contribution in [0.25, 0.3) is 0 Å². The van der Waals surface area contributed by atoms with Gasteiger partial charge >= 0.3 is 0 Å². The molecule has 1 N–H and O–H groups in total. The van der Waals surface area contributed by atoms with Crippen LogP contribution in [0.2, 0.25) is 0 Å². The topological polar surface area (TPSA) is 63.4 Å². The third-order valence-electron chi connectivity index (χ3n) is 1.29. The van der Waals surface area contributed by atoms with Gasteiger partial charge in [0.2, 0.25) is 6.54 Å². The number of phenolic OH excluding ortho intramolecular Hbond substituents is 1. The maximum atomic E-state index is 10.0. The molecule has 0 saturated carbocycles. The molecule has 0 radical (unpaired) electrons. The Hall–Kier alpha value is -1.58. The Morgan fingerprint density at radius 1 is 1.45 bits per heavy atom. The van der Waals surface area contributed by atoms with Crippen molar-refractivity contribution in [1.82, 2.24) is 0 Å². The quantitative estimate of drug-likeness (QED) is 0.512. The van der Waals surface area contributed by atoms with Gasteiger partial charge in [-0.3, -0.25) is 10.1 Å².